The molecule has 0 saturated heterocycles. The Hall–Kier alpha value is -1.61. The van der Waals surface area contributed by atoms with E-state index in [1.54, 1.807) is 0 Å². The molecule has 2 aromatic heterocycles. The quantitative estimate of drug-likeness (QED) is 0.825. The van der Waals surface area contributed by atoms with Crippen molar-refractivity contribution in [2.75, 3.05) is 6.54 Å². The number of aryl methyl sites for hydroxylation is 1. The van der Waals surface area contributed by atoms with Crippen LogP contribution in [0.15, 0.2) is 40.9 Å². The highest BCUT2D eigenvalue weighted by atomic mass is 16.3. The van der Waals surface area contributed by atoms with Gasteiger partial charge in [0.1, 0.15) is 11.5 Å². The lowest BCUT2D eigenvalue weighted by atomic mass is 9.95. The van der Waals surface area contributed by atoms with Gasteiger partial charge in [0.25, 0.3) is 0 Å². The summed E-state index contributed by atoms with van der Waals surface area (Å²) in [7, 11) is 0. The third kappa shape index (κ3) is 3.48. The highest BCUT2D eigenvalue weighted by Gasteiger charge is 2.24. The molecular weight excluding hydrogens is 248 g/mol. The van der Waals surface area contributed by atoms with Crippen LogP contribution in [0.3, 0.4) is 0 Å². The van der Waals surface area contributed by atoms with E-state index >= 15 is 0 Å². The second kappa shape index (κ2) is 7.25. The van der Waals surface area contributed by atoms with Gasteiger partial charge in [-0.3, -0.25) is 4.98 Å². The van der Waals surface area contributed by atoms with Gasteiger partial charge >= 0.3 is 0 Å². The summed E-state index contributed by atoms with van der Waals surface area (Å²) in [5.41, 5.74) is 1.09. The lowest BCUT2D eigenvalue weighted by Crippen LogP contribution is -2.26. The largest absolute Gasteiger partial charge is 0.464 e. The molecule has 3 heteroatoms. The van der Waals surface area contributed by atoms with Crippen molar-refractivity contribution < 1.29 is 4.42 Å². The molecule has 0 spiro atoms. The molecule has 0 aliphatic rings. The molecule has 2 heterocycles. The van der Waals surface area contributed by atoms with Gasteiger partial charge in [-0.15, -0.1) is 0 Å². The van der Waals surface area contributed by atoms with Crippen LogP contribution in [0.5, 0.6) is 0 Å². The highest BCUT2D eigenvalue weighted by molar-refractivity contribution is 5.18. The molecule has 0 amide bonds. The third-order valence-electron chi connectivity index (χ3n) is 3.61. The van der Waals surface area contributed by atoms with Gasteiger partial charge in [-0.2, -0.15) is 0 Å². The first-order valence-electron chi connectivity index (χ1n) is 7.49. The average molecular weight is 272 g/mol. The number of rotatable bonds is 7. The number of furan rings is 1. The normalized spacial score (nSPS) is 14.2. The van der Waals surface area contributed by atoms with E-state index in [9.17, 15) is 0 Å². The Kier molecular flexibility index (Phi) is 5.36. The zero-order valence-electron chi connectivity index (χ0n) is 12.6. The van der Waals surface area contributed by atoms with E-state index in [-0.39, 0.29) is 12.0 Å². The van der Waals surface area contributed by atoms with Gasteiger partial charge < -0.3 is 9.73 Å². The molecular formula is C17H24N2O. The van der Waals surface area contributed by atoms with Gasteiger partial charge in [-0.1, -0.05) is 26.8 Å². The van der Waals surface area contributed by atoms with Gasteiger partial charge in [-0.05, 0) is 37.2 Å². The topological polar surface area (TPSA) is 38.1 Å². The summed E-state index contributed by atoms with van der Waals surface area (Å²) < 4.78 is 5.94. The van der Waals surface area contributed by atoms with Crippen LogP contribution in [0.1, 0.15) is 56.4 Å². The van der Waals surface area contributed by atoms with Crippen LogP contribution in [-0.2, 0) is 6.42 Å². The number of nitrogens with one attached hydrogen (secondary N) is 1. The van der Waals surface area contributed by atoms with Gasteiger partial charge in [0, 0.05) is 24.2 Å². The van der Waals surface area contributed by atoms with E-state index in [1.165, 1.54) is 0 Å². The van der Waals surface area contributed by atoms with Crippen LogP contribution in [0, 0.1) is 0 Å². The molecule has 2 aromatic rings. The van der Waals surface area contributed by atoms with Crippen LogP contribution in [-0.4, -0.2) is 11.5 Å². The molecule has 0 radical (unpaired) electrons. The first kappa shape index (κ1) is 14.8. The summed E-state index contributed by atoms with van der Waals surface area (Å²) in [5.74, 6) is 2.32. The molecule has 0 fully saturated rings. The Balaban J connectivity index is 2.22. The number of hydrogen-bond donors (Lipinski definition) is 1. The van der Waals surface area contributed by atoms with E-state index < -0.39 is 0 Å². The van der Waals surface area contributed by atoms with Crippen molar-refractivity contribution in [1.29, 1.82) is 0 Å². The van der Waals surface area contributed by atoms with E-state index in [2.05, 4.69) is 49.3 Å². The monoisotopic (exact) mass is 272 g/mol. The van der Waals surface area contributed by atoms with E-state index in [0.29, 0.717) is 0 Å². The van der Waals surface area contributed by atoms with Gasteiger partial charge in [0.2, 0.25) is 0 Å². The molecule has 108 valence electrons. The van der Waals surface area contributed by atoms with Gasteiger partial charge in [0.05, 0.1) is 6.04 Å². The van der Waals surface area contributed by atoms with E-state index in [0.717, 1.165) is 36.6 Å². The summed E-state index contributed by atoms with van der Waals surface area (Å²) in [6.07, 6.45) is 3.88. The Bertz CT molecular complexity index is 507. The maximum absolute atomic E-state index is 5.94. The summed E-state index contributed by atoms with van der Waals surface area (Å²) in [6, 6.07) is 10.4. The van der Waals surface area contributed by atoms with Gasteiger partial charge in [0.15, 0.2) is 0 Å². The Morgan fingerprint density at radius 2 is 2.05 bits per heavy atom. The van der Waals surface area contributed by atoms with Crippen molar-refractivity contribution in [3.05, 3.63) is 53.7 Å². The maximum Gasteiger partial charge on any atom is 0.121 e. The highest BCUT2D eigenvalue weighted by Crippen LogP contribution is 2.30. The predicted molar refractivity (Wildman–Crippen MR) is 81.8 cm³/mol. The second-order valence-corrected chi connectivity index (χ2v) is 5.13. The van der Waals surface area contributed by atoms with Crippen LogP contribution in [0.2, 0.25) is 0 Å². The molecule has 0 bridgehead atoms. The SMILES string of the molecule is CCCNC(c1ccc(CC)o1)C(C)c1ccccn1. The fraction of sp³-hybridized carbons (Fsp3) is 0.471. The number of pyridine rings is 1. The minimum Gasteiger partial charge on any atom is -0.464 e. The molecule has 2 unspecified atom stereocenters. The molecule has 2 rings (SSSR count). The van der Waals surface area contributed by atoms with E-state index in [4.69, 9.17) is 4.42 Å². The zero-order chi connectivity index (χ0) is 14.4. The maximum atomic E-state index is 5.94. The molecule has 0 saturated carbocycles. The van der Waals surface area contributed by atoms with Crippen LogP contribution < -0.4 is 5.32 Å². The minimum absolute atomic E-state index is 0.171. The molecule has 20 heavy (non-hydrogen) atoms. The lowest BCUT2D eigenvalue weighted by Gasteiger charge is -2.23. The zero-order valence-corrected chi connectivity index (χ0v) is 12.6. The summed E-state index contributed by atoms with van der Waals surface area (Å²) in [5, 5.41) is 3.59. The van der Waals surface area contributed by atoms with Gasteiger partial charge in [-0.25, -0.2) is 0 Å². The molecule has 0 aromatic carbocycles. The lowest BCUT2D eigenvalue weighted by molar-refractivity contribution is 0.360. The molecule has 0 aliphatic heterocycles. The van der Waals surface area contributed by atoms with Crippen molar-refractivity contribution in [1.82, 2.24) is 10.3 Å². The summed E-state index contributed by atoms with van der Waals surface area (Å²) in [4.78, 5) is 4.48. The molecule has 3 nitrogen and oxygen atoms in total. The van der Waals surface area contributed by atoms with Crippen molar-refractivity contribution >= 4 is 0 Å². The number of hydrogen-bond acceptors (Lipinski definition) is 3. The van der Waals surface area contributed by atoms with E-state index in [1.807, 2.05) is 18.3 Å². The van der Waals surface area contributed by atoms with Crippen LogP contribution in [0.25, 0.3) is 0 Å². The number of aromatic nitrogens is 1. The van der Waals surface area contributed by atoms with Crippen LogP contribution >= 0.6 is 0 Å². The molecule has 1 N–H and O–H groups in total. The van der Waals surface area contributed by atoms with Crippen LogP contribution in [0.4, 0.5) is 0 Å². The van der Waals surface area contributed by atoms with Crippen molar-refractivity contribution in [2.45, 2.75) is 45.6 Å². The van der Waals surface area contributed by atoms with Crippen molar-refractivity contribution in [3.63, 3.8) is 0 Å². The Labute approximate surface area is 121 Å². The minimum atomic E-state index is 0.171. The second-order valence-electron chi connectivity index (χ2n) is 5.13. The third-order valence-corrected chi connectivity index (χ3v) is 3.61. The average Bonchev–Trinajstić information content (AvgIpc) is 2.97. The molecule has 0 aliphatic carbocycles. The molecule has 2 atom stereocenters. The standard InChI is InChI=1S/C17H24N2O/c1-4-11-19-17(16-10-9-14(5-2)20-16)13(3)15-8-6-7-12-18-15/h6-10,12-13,17,19H,4-5,11H2,1-3H3. The smallest absolute Gasteiger partial charge is 0.121 e. The summed E-state index contributed by atoms with van der Waals surface area (Å²) >= 11 is 0. The predicted octanol–water partition coefficient (Wildman–Crippen LogP) is 4.08. The Morgan fingerprint density at radius 1 is 1.20 bits per heavy atom. The fourth-order valence-corrected chi connectivity index (χ4v) is 2.39. The Morgan fingerprint density at radius 3 is 2.65 bits per heavy atom. The van der Waals surface area contributed by atoms with Crippen molar-refractivity contribution in [3.8, 4) is 0 Å². The first-order valence-corrected chi connectivity index (χ1v) is 7.49. The number of nitrogens with zero attached hydrogens (tertiary/aromatic N) is 1. The fourth-order valence-electron chi connectivity index (χ4n) is 2.39. The van der Waals surface area contributed by atoms with Crippen molar-refractivity contribution in [2.24, 2.45) is 0 Å². The summed E-state index contributed by atoms with van der Waals surface area (Å²) in [6.45, 7) is 7.46. The first-order chi connectivity index (χ1) is 9.76.